The van der Waals surface area contributed by atoms with Crippen molar-refractivity contribution >= 4 is 17.5 Å². The van der Waals surface area contributed by atoms with Gasteiger partial charge >= 0.3 is 5.97 Å². The molecule has 4 aliphatic rings. The minimum absolute atomic E-state index is 0.00147. The van der Waals surface area contributed by atoms with Crippen molar-refractivity contribution in [2.24, 2.45) is 45.3 Å². The molecule has 0 spiro atoms. The monoisotopic (exact) mass is 498 g/mol. The Morgan fingerprint density at radius 3 is 2.22 bits per heavy atom. The lowest BCUT2D eigenvalue weighted by molar-refractivity contribution is -0.169. The van der Waals surface area contributed by atoms with Gasteiger partial charge in [0.1, 0.15) is 6.10 Å². The van der Waals surface area contributed by atoms with Crippen LogP contribution in [-0.4, -0.2) is 23.6 Å². The Morgan fingerprint density at radius 1 is 0.944 bits per heavy atom. The molecule has 0 aromatic rings. The number of carbonyl (C=O) groups excluding carboxylic acids is 3. The van der Waals surface area contributed by atoms with Crippen LogP contribution in [-0.2, 0) is 19.1 Å². The van der Waals surface area contributed by atoms with Gasteiger partial charge in [0.15, 0.2) is 11.6 Å². The average molecular weight is 499 g/mol. The number of rotatable bonds is 6. The zero-order valence-corrected chi connectivity index (χ0v) is 24.4. The summed E-state index contributed by atoms with van der Waals surface area (Å²) in [5.41, 5.74) is 0.632. The van der Waals surface area contributed by atoms with E-state index in [1.807, 2.05) is 0 Å². The zero-order valence-electron chi connectivity index (χ0n) is 24.4. The lowest BCUT2D eigenvalue weighted by atomic mass is 9.42. The molecule has 4 nitrogen and oxygen atoms in total. The summed E-state index contributed by atoms with van der Waals surface area (Å²) in [7, 11) is 0. The quantitative estimate of drug-likeness (QED) is 0.356. The fourth-order valence-corrected chi connectivity index (χ4v) is 9.55. The number of ether oxygens (including phenoxy) is 1. The number of hydrogen-bond donors (Lipinski definition) is 0. The van der Waals surface area contributed by atoms with Crippen molar-refractivity contribution in [1.29, 1.82) is 0 Å². The molecule has 202 valence electrons. The molecule has 0 saturated heterocycles. The van der Waals surface area contributed by atoms with Gasteiger partial charge in [-0.05, 0) is 54.8 Å². The Hall–Kier alpha value is -1.45. The molecule has 4 aliphatic carbocycles. The highest BCUT2D eigenvalue weighted by Crippen LogP contribution is 2.71. The Bertz CT molecular complexity index is 973. The van der Waals surface area contributed by atoms with E-state index in [2.05, 4.69) is 55.4 Å². The second-order valence-electron chi connectivity index (χ2n) is 14.6. The molecule has 0 aromatic carbocycles. The molecule has 0 amide bonds. The van der Waals surface area contributed by atoms with Gasteiger partial charge in [-0.3, -0.25) is 14.4 Å². The van der Waals surface area contributed by atoms with E-state index in [1.54, 1.807) is 0 Å². The highest BCUT2D eigenvalue weighted by Gasteiger charge is 2.67. The largest absolute Gasteiger partial charge is 0.462 e. The molecule has 0 bridgehead atoms. The lowest BCUT2D eigenvalue weighted by Gasteiger charge is -2.60. The molecule has 0 radical (unpaired) electrons. The van der Waals surface area contributed by atoms with Crippen LogP contribution >= 0.6 is 0 Å². The van der Waals surface area contributed by atoms with Gasteiger partial charge in [-0.15, -0.1) is 0 Å². The number of ketones is 2. The van der Waals surface area contributed by atoms with E-state index in [-0.39, 0.29) is 51.2 Å². The van der Waals surface area contributed by atoms with Crippen LogP contribution in [0.15, 0.2) is 11.1 Å². The highest BCUT2D eigenvalue weighted by molar-refractivity contribution is 6.11. The molecule has 36 heavy (non-hydrogen) atoms. The first kappa shape index (κ1) is 27.6. The molecule has 7 unspecified atom stereocenters. The van der Waals surface area contributed by atoms with E-state index in [4.69, 9.17) is 4.74 Å². The van der Waals surface area contributed by atoms with Crippen LogP contribution in [0.4, 0.5) is 0 Å². The summed E-state index contributed by atoms with van der Waals surface area (Å²) in [6, 6.07) is 0. The third-order valence-electron chi connectivity index (χ3n) is 11.7. The first-order chi connectivity index (χ1) is 16.6. The summed E-state index contributed by atoms with van der Waals surface area (Å²) < 4.78 is 5.74. The van der Waals surface area contributed by atoms with Gasteiger partial charge in [-0.2, -0.15) is 0 Å². The predicted octanol–water partition coefficient (Wildman–Crippen LogP) is 7.49. The normalized spacial score (nSPS) is 40.6. The highest BCUT2D eigenvalue weighted by atomic mass is 16.5. The Kier molecular flexibility index (Phi) is 6.96. The smallest absolute Gasteiger partial charge is 0.302 e. The summed E-state index contributed by atoms with van der Waals surface area (Å²) in [4.78, 5) is 40.1. The van der Waals surface area contributed by atoms with Crippen LogP contribution in [0.1, 0.15) is 120 Å². The van der Waals surface area contributed by atoms with Crippen molar-refractivity contribution in [3.05, 3.63) is 11.1 Å². The predicted molar refractivity (Wildman–Crippen MR) is 143 cm³/mol. The van der Waals surface area contributed by atoms with E-state index in [0.29, 0.717) is 24.7 Å². The van der Waals surface area contributed by atoms with E-state index in [0.717, 1.165) is 42.7 Å². The van der Waals surface area contributed by atoms with Gasteiger partial charge in [0.25, 0.3) is 0 Å². The Balaban J connectivity index is 1.72. The average Bonchev–Trinajstić information content (AvgIpc) is 3.02. The molecule has 2 saturated carbocycles. The summed E-state index contributed by atoms with van der Waals surface area (Å²) in [6.07, 6.45) is 8.12. The number of carbonyl (C=O) groups is 3. The van der Waals surface area contributed by atoms with Crippen molar-refractivity contribution in [3.8, 4) is 0 Å². The lowest BCUT2D eigenvalue weighted by Crippen LogP contribution is -2.59. The zero-order chi connectivity index (χ0) is 26.8. The second-order valence-corrected chi connectivity index (χ2v) is 14.6. The summed E-state index contributed by atoms with van der Waals surface area (Å²) in [5, 5.41) is 0. The molecular formula is C32H50O4. The molecule has 4 rings (SSSR count). The van der Waals surface area contributed by atoms with Gasteiger partial charge in [-0.1, -0.05) is 74.7 Å². The van der Waals surface area contributed by atoms with Crippen LogP contribution < -0.4 is 0 Å². The van der Waals surface area contributed by atoms with Crippen LogP contribution in [0.3, 0.4) is 0 Å². The van der Waals surface area contributed by atoms with Crippen LogP contribution in [0.25, 0.3) is 0 Å². The van der Waals surface area contributed by atoms with Crippen LogP contribution in [0.5, 0.6) is 0 Å². The topological polar surface area (TPSA) is 60.4 Å². The summed E-state index contributed by atoms with van der Waals surface area (Å²) in [5.74, 6) is 1.88. The maximum atomic E-state index is 14.2. The van der Waals surface area contributed by atoms with Crippen molar-refractivity contribution in [3.63, 3.8) is 0 Å². The molecule has 0 aliphatic heterocycles. The van der Waals surface area contributed by atoms with Crippen molar-refractivity contribution in [2.75, 3.05) is 0 Å². The first-order valence-electron chi connectivity index (χ1n) is 14.6. The fraction of sp³-hybridized carbons (Fsp3) is 0.844. The summed E-state index contributed by atoms with van der Waals surface area (Å²) >= 11 is 0. The molecule has 0 N–H and O–H groups in total. The number of allylic oxidation sites excluding steroid dienone is 2. The first-order valence-corrected chi connectivity index (χ1v) is 14.6. The molecule has 4 heteroatoms. The molecule has 7 atom stereocenters. The van der Waals surface area contributed by atoms with Gasteiger partial charge in [0.2, 0.25) is 0 Å². The Labute approximate surface area is 219 Å². The minimum atomic E-state index is -0.363. The number of hydrogen-bond acceptors (Lipinski definition) is 4. The molecule has 0 aromatic heterocycles. The van der Waals surface area contributed by atoms with Crippen molar-refractivity contribution in [2.45, 2.75) is 126 Å². The van der Waals surface area contributed by atoms with Crippen molar-refractivity contribution < 1.29 is 19.1 Å². The molecule has 2 fully saturated rings. The maximum absolute atomic E-state index is 14.2. The van der Waals surface area contributed by atoms with Gasteiger partial charge in [0.05, 0.1) is 0 Å². The third-order valence-corrected chi connectivity index (χ3v) is 11.7. The molecular weight excluding hydrogens is 448 g/mol. The maximum Gasteiger partial charge on any atom is 0.302 e. The van der Waals surface area contributed by atoms with E-state index < -0.39 is 0 Å². The molecule has 0 heterocycles. The van der Waals surface area contributed by atoms with Gasteiger partial charge in [-0.25, -0.2) is 0 Å². The Morgan fingerprint density at radius 2 is 1.61 bits per heavy atom. The fourth-order valence-electron chi connectivity index (χ4n) is 9.55. The van der Waals surface area contributed by atoms with Gasteiger partial charge < -0.3 is 4.74 Å². The van der Waals surface area contributed by atoms with Crippen molar-refractivity contribution in [1.82, 2.24) is 0 Å². The minimum Gasteiger partial charge on any atom is -0.462 e. The van der Waals surface area contributed by atoms with E-state index >= 15 is 0 Å². The standard InChI is InChI=1S/C32H50O4/c1-19(2)11-10-12-20(3)22-13-16-31(8)28-23(34)17-25-29(5,6)26(36-21(4)33)14-15-30(25,7)27(28)24(35)18-32(22,31)9/h19-20,22,25-26H,10-18H2,1-9H3. The van der Waals surface area contributed by atoms with Gasteiger partial charge in [0, 0.05) is 47.2 Å². The third kappa shape index (κ3) is 3.95. The summed E-state index contributed by atoms with van der Waals surface area (Å²) in [6.45, 7) is 19.6. The van der Waals surface area contributed by atoms with Crippen LogP contribution in [0, 0.1) is 45.3 Å². The second kappa shape index (κ2) is 9.09. The number of Topliss-reactive ketones (excluding diaryl/α,β-unsaturated/α-hetero) is 2. The number of esters is 1. The van der Waals surface area contributed by atoms with Crippen LogP contribution in [0.2, 0.25) is 0 Å². The SMILES string of the molecule is CC(=O)OC1CCC2(C)C3=C(C(=O)CC2C1(C)C)C1(C)CCC(C(C)CCCC(C)C)C1(C)CC3=O. The van der Waals surface area contributed by atoms with E-state index in [9.17, 15) is 14.4 Å². The number of fused-ring (bicyclic) bond motifs is 4. The van der Waals surface area contributed by atoms with E-state index in [1.165, 1.54) is 26.2 Å².